The normalized spacial score (nSPS) is 23.0. The van der Waals surface area contributed by atoms with E-state index in [4.69, 9.17) is 5.73 Å². The molecule has 1 aliphatic heterocycles. The van der Waals surface area contributed by atoms with Crippen LogP contribution in [-0.2, 0) is 4.79 Å². The van der Waals surface area contributed by atoms with Crippen LogP contribution in [0.1, 0.15) is 51.0 Å². The van der Waals surface area contributed by atoms with Crippen LogP contribution in [0.3, 0.4) is 0 Å². The van der Waals surface area contributed by atoms with E-state index in [1.165, 1.54) is 19.3 Å². The zero-order valence-corrected chi connectivity index (χ0v) is 13.3. The lowest BCUT2D eigenvalue weighted by Gasteiger charge is -2.26. The third-order valence-electron chi connectivity index (χ3n) is 4.71. The van der Waals surface area contributed by atoms with Gasteiger partial charge in [-0.05, 0) is 25.3 Å². The molecule has 0 aromatic heterocycles. The Labute approximate surface area is 132 Å². The van der Waals surface area contributed by atoms with E-state index in [0.717, 1.165) is 36.2 Å². The van der Waals surface area contributed by atoms with E-state index in [2.05, 4.69) is 18.0 Å². The van der Waals surface area contributed by atoms with Crippen molar-refractivity contribution < 1.29 is 4.79 Å². The molecule has 1 amide bonds. The minimum Gasteiger partial charge on any atom is -0.309 e. The molecule has 1 fully saturated rings. The Balaban J connectivity index is 2.06. The van der Waals surface area contributed by atoms with Crippen molar-refractivity contribution in [2.45, 2.75) is 51.6 Å². The molecular weight excluding hydrogens is 274 g/mol. The molecule has 0 radical (unpaired) electrons. The fourth-order valence-corrected chi connectivity index (χ4v) is 3.63. The largest absolute Gasteiger partial charge is 0.309 e. The molecule has 0 spiro atoms. The quantitative estimate of drug-likeness (QED) is 0.932. The van der Waals surface area contributed by atoms with Gasteiger partial charge in [0.2, 0.25) is 0 Å². The first kappa shape index (κ1) is 15.2. The summed E-state index contributed by atoms with van der Waals surface area (Å²) in [4.78, 5) is 19.1. The number of benzodiazepines with no additional fused rings is 1. The van der Waals surface area contributed by atoms with Crippen LogP contribution in [0.4, 0.5) is 5.69 Å². The van der Waals surface area contributed by atoms with Crippen LogP contribution in [-0.4, -0.2) is 24.3 Å². The number of nitrogens with zero attached hydrogens (tertiary/aromatic N) is 2. The van der Waals surface area contributed by atoms with E-state index in [1.54, 1.807) is 0 Å². The fraction of sp³-hybridized carbons (Fsp3) is 0.556. The van der Waals surface area contributed by atoms with Gasteiger partial charge < -0.3 is 10.6 Å². The topological polar surface area (TPSA) is 58.7 Å². The predicted octanol–water partition coefficient (Wildman–Crippen LogP) is 3.10. The highest BCUT2D eigenvalue weighted by atomic mass is 16.2. The second kappa shape index (κ2) is 6.61. The summed E-state index contributed by atoms with van der Waals surface area (Å²) in [6, 6.07) is 8.14. The number of aliphatic imine (C=N–C) groups is 1. The van der Waals surface area contributed by atoms with Gasteiger partial charge in [-0.15, -0.1) is 0 Å². The number of benzene rings is 1. The lowest BCUT2D eigenvalue weighted by molar-refractivity contribution is -0.119. The van der Waals surface area contributed by atoms with Gasteiger partial charge in [-0.3, -0.25) is 9.79 Å². The Morgan fingerprint density at radius 2 is 1.95 bits per heavy atom. The SMILES string of the molecule is CCCN1C(=O)C(N)N=C(C2CCCCC2)c2ccccc21. The molecule has 0 saturated heterocycles. The average molecular weight is 299 g/mol. The number of rotatable bonds is 3. The van der Waals surface area contributed by atoms with Crippen LogP contribution in [0.25, 0.3) is 0 Å². The molecular formula is C18H25N3O. The second-order valence-corrected chi connectivity index (χ2v) is 6.30. The number of nitrogens with two attached hydrogens (primary N) is 1. The molecule has 1 heterocycles. The molecule has 118 valence electrons. The van der Waals surface area contributed by atoms with Crippen LogP contribution in [0.2, 0.25) is 0 Å². The molecule has 22 heavy (non-hydrogen) atoms. The fourth-order valence-electron chi connectivity index (χ4n) is 3.63. The number of fused-ring (bicyclic) bond motifs is 1. The van der Waals surface area contributed by atoms with E-state index in [1.807, 2.05) is 23.1 Å². The van der Waals surface area contributed by atoms with Crippen LogP contribution < -0.4 is 10.6 Å². The number of carbonyl (C=O) groups is 1. The highest BCUT2D eigenvalue weighted by molar-refractivity contribution is 6.13. The van der Waals surface area contributed by atoms with Crippen LogP contribution in [0.5, 0.6) is 0 Å². The highest BCUT2D eigenvalue weighted by Gasteiger charge is 2.31. The number of amides is 1. The van der Waals surface area contributed by atoms with E-state index in [-0.39, 0.29) is 5.91 Å². The Morgan fingerprint density at radius 3 is 2.68 bits per heavy atom. The number of carbonyl (C=O) groups excluding carboxylic acids is 1. The first-order valence-electron chi connectivity index (χ1n) is 8.46. The van der Waals surface area contributed by atoms with E-state index < -0.39 is 6.17 Å². The van der Waals surface area contributed by atoms with Crippen molar-refractivity contribution >= 4 is 17.3 Å². The Hall–Kier alpha value is -1.68. The monoisotopic (exact) mass is 299 g/mol. The molecule has 0 bridgehead atoms. The average Bonchev–Trinajstić information content (AvgIpc) is 2.67. The summed E-state index contributed by atoms with van der Waals surface area (Å²) in [5.41, 5.74) is 9.23. The van der Waals surface area contributed by atoms with Gasteiger partial charge in [-0.1, -0.05) is 44.4 Å². The molecule has 3 rings (SSSR count). The van der Waals surface area contributed by atoms with Crippen molar-refractivity contribution in [2.75, 3.05) is 11.4 Å². The highest BCUT2D eigenvalue weighted by Crippen LogP contribution is 2.33. The smallest absolute Gasteiger partial charge is 0.266 e. The second-order valence-electron chi connectivity index (χ2n) is 6.30. The van der Waals surface area contributed by atoms with Gasteiger partial charge in [0.25, 0.3) is 5.91 Å². The maximum Gasteiger partial charge on any atom is 0.266 e. The molecule has 4 nitrogen and oxygen atoms in total. The van der Waals surface area contributed by atoms with Crippen LogP contribution >= 0.6 is 0 Å². The zero-order valence-electron chi connectivity index (χ0n) is 13.3. The minimum atomic E-state index is -0.768. The van der Waals surface area contributed by atoms with Crippen molar-refractivity contribution in [3.8, 4) is 0 Å². The molecule has 1 atom stereocenters. The van der Waals surface area contributed by atoms with Crippen molar-refractivity contribution in [1.82, 2.24) is 0 Å². The van der Waals surface area contributed by atoms with Crippen LogP contribution in [0.15, 0.2) is 29.3 Å². The maximum atomic E-state index is 12.6. The van der Waals surface area contributed by atoms with Gasteiger partial charge in [-0.25, -0.2) is 0 Å². The molecule has 1 saturated carbocycles. The first-order valence-corrected chi connectivity index (χ1v) is 8.46. The van der Waals surface area contributed by atoms with Crippen molar-refractivity contribution in [1.29, 1.82) is 0 Å². The summed E-state index contributed by atoms with van der Waals surface area (Å²) in [6.45, 7) is 2.77. The standard InChI is InChI=1S/C18H25N3O/c1-2-12-21-15-11-7-6-10-14(15)16(20-17(19)18(21)22)13-8-4-3-5-9-13/h6-7,10-11,13,17H,2-5,8-9,12,19H2,1H3. The van der Waals surface area contributed by atoms with E-state index in [0.29, 0.717) is 12.5 Å². The summed E-state index contributed by atoms with van der Waals surface area (Å²) < 4.78 is 0. The maximum absolute atomic E-state index is 12.6. The molecule has 2 aliphatic rings. The summed E-state index contributed by atoms with van der Waals surface area (Å²) in [5, 5.41) is 0. The van der Waals surface area contributed by atoms with Gasteiger partial charge >= 0.3 is 0 Å². The Kier molecular flexibility index (Phi) is 4.57. The number of anilines is 1. The number of hydrogen-bond donors (Lipinski definition) is 1. The van der Waals surface area contributed by atoms with Gasteiger partial charge in [0.1, 0.15) is 0 Å². The number of hydrogen-bond acceptors (Lipinski definition) is 3. The Bertz CT molecular complexity index is 575. The van der Waals surface area contributed by atoms with Gasteiger partial charge in [-0.2, -0.15) is 0 Å². The van der Waals surface area contributed by atoms with Crippen LogP contribution in [0, 0.1) is 5.92 Å². The third-order valence-corrected chi connectivity index (χ3v) is 4.71. The van der Waals surface area contributed by atoms with Gasteiger partial charge in [0.05, 0.1) is 5.69 Å². The summed E-state index contributed by atoms with van der Waals surface area (Å²) >= 11 is 0. The lowest BCUT2D eigenvalue weighted by atomic mass is 9.83. The van der Waals surface area contributed by atoms with E-state index in [9.17, 15) is 4.79 Å². The number of para-hydroxylation sites is 1. The minimum absolute atomic E-state index is 0.0832. The van der Waals surface area contributed by atoms with Gasteiger partial charge in [0.15, 0.2) is 6.17 Å². The predicted molar refractivity (Wildman–Crippen MR) is 90.2 cm³/mol. The summed E-state index contributed by atoms with van der Waals surface area (Å²) in [6.07, 6.45) is 6.24. The van der Waals surface area contributed by atoms with Gasteiger partial charge in [0, 0.05) is 23.7 Å². The van der Waals surface area contributed by atoms with Crippen molar-refractivity contribution in [3.05, 3.63) is 29.8 Å². The summed E-state index contributed by atoms with van der Waals surface area (Å²) in [7, 11) is 0. The lowest BCUT2D eigenvalue weighted by Crippen LogP contribution is -2.42. The molecule has 2 N–H and O–H groups in total. The Morgan fingerprint density at radius 1 is 1.23 bits per heavy atom. The zero-order chi connectivity index (χ0) is 15.5. The van der Waals surface area contributed by atoms with Crippen molar-refractivity contribution in [2.24, 2.45) is 16.6 Å². The molecule has 1 aromatic rings. The molecule has 1 aliphatic carbocycles. The molecule has 1 unspecified atom stereocenters. The molecule has 1 aromatic carbocycles. The summed E-state index contributed by atoms with van der Waals surface area (Å²) in [5.74, 6) is 0.357. The van der Waals surface area contributed by atoms with E-state index >= 15 is 0 Å². The van der Waals surface area contributed by atoms with Crippen molar-refractivity contribution in [3.63, 3.8) is 0 Å². The first-order chi connectivity index (χ1) is 10.7. The molecule has 4 heteroatoms. The third kappa shape index (κ3) is 2.80.